The van der Waals surface area contributed by atoms with Gasteiger partial charge in [0.25, 0.3) is 0 Å². The van der Waals surface area contributed by atoms with Crippen molar-refractivity contribution in [3.8, 4) is 0 Å². The van der Waals surface area contributed by atoms with Gasteiger partial charge in [0.15, 0.2) is 0 Å². The van der Waals surface area contributed by atoms with Crippen LogP contribution in [0.3, 0.4) is 0 Å². The van der Waals surface area contributed by atoms with Crippen molar-refractivity contribution >= 4 is 12.6 Å². The van der Waals surface area contributed by atoms with Crippen molar-refractivity contribution in [1.82, 2.24) is 9.97 Å². The molecule has 1 unspecified atom stereocenters. The topological polar surface area (TPSA) is 64.5 Å². The molecule has 1 aliphatic rings. The number of benzene rings is 1. The Morgan fingerprint density at radius 1 is 1.08 bits per heavy atom. The lowest BCUT2D eigenvalue weighted by atomic mass is 9.77. The summed E-state index contributed by atoms with van der Waals surface area (Å²) in [5, 5.41) is 10.6. The number of aromatic nitrogens is 2. The van der Waals surface area contributed by atoms with Crippen LogP contribution in [0.25, 0.3) is 0 Å². The van der Waals surface area contributed by atoms with Gasteiger partial charge in [0.05, 0.1) is 22.6 Å². The van der Waals surface area contributed by atoms with E-state index in [1.807, 2.05) is 27.7 Å². The van der Waals surface area contributed by atoms with E-state index in [-0.39, 0.29) is 5.46 Å². The highest BCUT2D eigenvalue weighted by molar-refractivity contribution is 6.62. The molecule has 0 amide bonds. The van der Waals surface area contributed by atoms with Crippen molar-refractivity contribution in [3.63, 3.8) is 0 Å². The van der Waals surface area contributed by atoms with Crippen LogP contribution in [0.1, 0.15) is 50.8 Å². The number of halogens is 1. The summed E-state index contributed by atoms with van der Waals surface area (Å²) in [6, 6.07) is 4.41. The van der Waals surface area contributed by atoms with Gasteiger partial charge >= 0.3 is 7.12 Å². The molecule has 0 aliphatic carbocycles. The molecule has 3 rings (SSSR count). The van der Waals surface area contributed by atoms with Gasteiger partial charge in [-0.3, -0.25) is 9.97 Å². The zero-order valence-electron chi connectivity index (χ0n) is 15.1. The average Bonchev–Trinajstić information content (AvgIpc) is 2.75. The molecule has 1 aromatic heterocycles. The molecule has 0 saturated carbocycles. The van der Waals surface area contributed by atoms with Gasteiger partial charge in [-0.25, -0.2) is 4.39 Å². The van der Waals surface area contributed by atoms with Crippen molar-refractivity contribution in [2.75, 3.05) is 0 Å². The van der Waals surface area contributed by atoms with Gasteiger partial charge in [0, 0.05) is 17.9 Å². The number of hydrogen-bond acceptors (Lipinski definition) is 5. The van der Waals surface area contributed by atoms with Gasteiger partial charge in [-0.15, -0.1) is 0 Å². The van der Waals surface area contributed by atoms with Crippen molar-refractivity contribution in [1.29, 1.82) is 0 Å². The predicted octanol–water partition coefficient (Wildman–Crippen LogP) is 2.31. The Morgan fingerprint density at radius 3 is 2.28 bits per heavy atom. The Labute approximate surface area is 147 Å². The van der Waals surface area contributed by atoms with E-state index in [0.717, 1.165) is 0 Å². The Balaban J connectivity index is 1.96. The zero-order valence-corrected chi connectivity index (χ0v) is 15.1. The smallest absolute Gasteiger partial charge is 0.399 e. The Hall–Kier alpha value is -1.83. The standard InChI is InChI=1S/C18H22BFN2O3/c1-11-15(22-9-8-21-11)16(23)12-6-7-14(20)13(10-12)19-24-17(2,3)18(4,5)25-19/h6-10,16,23H,1-5H3. The van der Waals surface area contributed by atoms with Crippen molar-refractivity contribution < 1.29 is 18.8 Å². The third kappa shape index (κ3) is 3.19. The number of aliphatic hydroxyl groups is 1. The lowest BCUT2D eigenvalue weighted by molar-refractivity contribution is 0.00578. The maximum Gasteiger partial charge on any atom is 0.497 e. The molecule has 1 atom stereocenters. The molecule has 0 radical (unpaired) electrons. The molecule has 25 heavy (non-hydrogen) atoms. The SMILES string of the molecule is Cc1nccnc1C(O)c1ccc(F)c(B2OC(C)(C)C(C)(C)O2)c1. The van der Waals surface area contributed by atoms with Crippen LogP contribution in [-0.2, 0) is 9.31 Å². The summed E-state index contributed by atoms with van der Waals surface area (Å²) in [5.41, 5.74) is 0.692. The first-order valence-electron chi connectivity index (χ1n) is 8.23. The molecule has 2 heterocycles. The normalized spacial score (nSPS) is 19.9. The minimum absolute atomic E-state index is 0.261. The van der Waals surface area contributed by atoms with Crippen LogP contribution < -0.4 is 5.46 Å². The average molecular weight is 344 g/mol. The maximum atomic E-state index is 14.4. The quantitative estimate of drug-likeness (QED) is 0.866. The lowest BCUT2D eigenvalue weighted by Crippen LogP contribution is -2.41. The fourth-order valence-electron chi connectivity index (χ4n) is 2.73. The van der Waals surface area contributed by atoms with E-state index in [9.17, 15) is 9.50 Å². The molecule has 5 nitrogen and oxygen atoms in total. The van der Waals surface area contributed by atoms with E-state index >= 15 is 0 Å². The van der Waals surface area contributed by atoms with Gasteiger partial charge in [-0.1, -0.05) is 12.1 Å². The van der Waals surface area contributed by atoms with Crippen LogP contribution in [0.2, 0.25) is 0 Å². The van der Waals surface area contributed by atoms with Crippen molar-refractivity contribution in [3.05, 3.63) is 53.4 Å². The summed E-state index contributed by atoms with van der Waals surface area (Å²) in [5.74, 6) is -0.440. The predicted molar refractivity (Wildman–Crippen MR) is 92.9 cm³/mol. The second-order valence-electron chi connectivity index (χ2n) is 7.30. The first-order valence-corrected chi connectivity index (χ1v) is 8.23. The number of hydrogen-bond donors (Lipinski definition) is 1. The van der Waals surface area contributed by atoms with Gasteiger partial charge in [-0.05, 0) is 46.2 Å². The van der Waals surface area contributed by atoms with E-state index in [1.54, 1.807) is 19.2 Å². The molecule has 0 spiro atoms. The summed E-state index contributed by atoms with van der Waals surface area (Å²) < 4.78 is 26.2. The number of aryl methyl sites for hydroxylation is 1. The highest BCUT2D eigenvalue weighted by Crippen LogP contribution is 2.36. The third-order valence-corrected chi connectivity index (χ3v) is 5.02. The van der Waals surface area contributed by atoms with E-state index < -0.39 is 30.2 Å². The fraction of sp³-hybridized carbons (Fsp3) is 0.444. The van der Waals surface area contributed by atoms with E-state index in [0.29, 0.717) is 17.0 Å². The number of rotatable bonds is 3. The van der Waals surface area contributed by atoms with Crippen LogP contribution in [0, 0.1) is 12.7 Å². The summed E-state index contributed by atoms with van der Waals surface area (Å²) in [4.78, 5) is 8.32. The molecule has 1 saturated heterocycles. The zero-order chi connectivity index (χ0) is 18.4. The van der Waals surface area contributed by atoms with Crippen LogP contribution in [0.15, 0.2) is 30.6 Å². The summed E-state index contributed by atoms with van der Waals surface area (Å²) >= 11 is 0. The lowest BCUT2D eigenvalue weighted by Gasteiger charge is -2.32. The third-order valence-electron chi connectivity index (χ3n) is 5.02. The van der Waals surface area contributed by atoms with E-state index in [1.165, 1.54) is 18.3 Å². The molecule has 1 aromatic carbocycles. The van der Waals surface area contributed by atoms with E-state index in [2.05, 4.69) is 9.97 Å². The molecule has 2 aromatic rings. The molecule has 0 bridgehead atoms. The molecule has 1 fully saturated rings. The molecule has 1 aliphatic heterocycles. The van der Waals surface area contributed by atoms with Gasteiger partial charge in [0.1, 0.15) is 11.9 Å². The van der Waals surface area contributed by atoms with Crippen LogP contribution >= 0.6 is 0 Å². The van der Waals surface area contributed by atoms with E-state index in [4.69, 9.17) is 9.31 Å². The maximum absolute atomic E-state index is 14.4. The molecule has 132 valence electrons. The second-order valence-corrected chi connectivity index (χ2v) is 7.30. The Bertz CT molecular complexity index is 782. The monoisotopic (exact) mass is 344 g/mol. The first kappa shape index (κ1) is 18.0. The van der Waals surface area contributed by atoms with Crippen LogP contribution in [0.5, 0.6) is 0 Å². The van der Waals surface area contributed by atoms with Gasteiger partial charge < -0.3 is 14.4 Å². The summed E-state index contributed by atoms with van der Waals surface area (Å²) in [6.45, 7) is 9.41. The van der Waals surface area contributed by atoms with Crippen LogP contribution in [-0.4, -0.2) is 33.4 Å². The highest BCUT2D eigenvalue weighted by atomic mass is 19.1. The Morgan fingerprint density at radius 2 is 1.68 bits per heavy atom. The highest BCUT2D eigenvalue weighted by Gasteiger charge is 2.52. The largest absolute Gasteiger partial charge is 0.497 e. The molecule has 7 heteroatoms. The number of nitrogens with zero attached hydrogens (tertiary/aromatic N) is 2. The minimum Gasteiger partial charge on any atom is -0.399 e. The second kappa shape index (κ2) is 6.16. The summed E-state index contributed by atoms with van der Waals surface area (Å²) in [7, 11) is -0.833. The molecular formula is C18H22BFN2O3. The van der Waals surface area contributed by atoms with Gasteiger partial charge in [-0.2, -0.15) is 0 Å². The van der Waals surface area contributed by atoms with Crippen LogP contribution in [0.4, 0.5) is 4.39 Å². The first-order chi connectivity index (χ1) is 11.6. The molecule has 1 N–H and O–H groups in total. The van der Waals surface area contributed by atoms with Crippen molar-refractivity contribution in [2.45, 2.75) is 51.9 Å². The van der Waals surface area contributed by atoms with Gasteiger partial charge in [0.2, 0.25) is 0 Å². The minimum atomic E-state index is -1.00. The molecular weight excluding hydrogens is 322 g/mol. The summed E-state index contributed by atoms with van der Waals surface area (Å²) in [6.07, 6.45) is 2.08. The fourth-order valence-corrected chi connectivity index (χ4v) is 2.73. The van der Waals surface area contributed by atoms with Crippen molar-refractivity contribution in [2.24, 2.45) is 0 Å². The Kier molecular flexibility index (Phi) is 4.43. The number of aliphatic hydroxyl groups excluding tert-OH is 1.